The fourth-order valence-electron chi connectivity index (χ4n) is 1.50. The van der Waals surface area contributed by atoms with Crippen LogP contribution in [0.1, 0.15) is 19.4 Å². The van der Waals surface area contributed by atoms with Gasteiger partial charge in [0.1, 0.15) is 5.69 Å². The average Bonchev–Trinajstić information content (AvgIpc) is 2.35. The van der Waals surface area contributed by atoms with Gasteiger partial charge in [-0.15, -0.1) is 0 Å². The maximum Gasteiger partial charge on any atom is 0.293 e. The van der Waals surface area contributed by atoms with Crippen LogP contribution in [0.3, 0.4) is 0 Å². The number of nitro benzene ring substituents is 1. The highest BCUT2D eigenvalue weighted by Gasteiger charge is 2.19. The van der Waals surface area contributed by atoms with Gasteiger partial charge in [0.2, 0.25) is 0 Å². The van der Waals surface area contributed by atoms with Crippen LogP contribution in [0.25, 0.3) is 0 Å². The summed E-state index contributed by atoms with van der Waals surface area (Å²) in [6.45, 7) is 3.70. The van der Waals surface area contributed by atoms with Crippen LogP contribution in [0, 0.1) is 27.4 Å². The molecule has 0 unspecified atom stereocenters. The van der Waals surface area contributed by atoms with E-state index in [0.29, 0.717) is 5.69 Å². The number of nitriles is 1. The summed E-state index contributed by atoms with van der Waals surface area (Å²) < 4.78 is 0. The monoisotopic (exact) mass is 249 g/mol. The molecule has 18 heavy (non-hydrogen) atoms. The Kier molecular flexibility index (Phi) is 4.63. The normalized spacial score (nSPS) is 11.9. The molecule has 96 valence electrons. The molecule has 1 rings (SSSR count). The Morgan fingerprint density at radius 3 is 2.67 bits per heavy atom. The Balaban J connectivity index is 3.09. The molecule has 1 atom stereocenters. The van der Waals surface area contributed by atoms with Crippen LogP contribution in [0.2, 0.25) is 0 Å². The minimum absolute atomic E-state index is 0.116. The lowest BCUT2D eigenvalue weighted by Crippen LogP contribution is -2.29. The van der Waals surface area contributed by atoms with Crippen molar-refractivity contribution in [1.82, 2.24) is 0 Å². The smallest absolute Gasteiger partial charge is 0.293 e. The van der Waals surface area contributed by atoms with Gasteiger partial charge in [0, 0.05) is 6.07 Å². The van der Waals surface area contributed by atoms with Gasteiger partial charge in [-0.1, -0.05) is 13.8 Å². The number of nitrogens with zero attached hydrogens (tertiary/aromatic N) is 2. The van der Waals surface area contributed by atoms with E-state index in [9.17, 15) is 15.2 Å². The number of hydrogen-bond acceptors (Lipinski definition) is 5. The van der Waals surface area contributed by atoms with Gasteiger partial charge in [-0.2, -0.15) is 5.26 Å². The molecular formula is C12H15N3O3. The minimum atomic E-state index is -0.544. The van der Waals surface area contributed by atoms with Crippen molar-refractivity contribution in [3.8, 4) is 6.07 Å². The number of rotatable bonds is 5. The van der Waals surface area contributed by atoms with Gasteiger partial charge >= 0.3 is 0 Å². The second kappa shape index (κ2) is 5.98. The van der Waals surface area contributed by atoms with Crippen molar-refractivity contribution < 1.29 is 10.0 Å². The average molecular weight is 249 g/mol. The Labute approximate surface area is 105 Å². The SMILES string of the molecule is CC(C)[C@@H](CO)Nc1ccc(C#N)cc1[N+](=O)[O-]. The lowest BCUT2D eigenvalue weighted by molar-refractivity contribution is -0.384. The topological polar surface area (TPSA) is 99.2 Å². The van der Waals surface area contributed by atoms with Crippen molar-refractivity contribution in [3.05, 3.63) is 33.9 Å². The molecule has 0 heterocycles. The molecule has 0 aliphatic carbocycles. The van der Waals surface area contributed by atoms with Gasteiger partial charge in [0.15, 0.2) is 0 Å². The standard InChI is InChI=1S/C12H15N3O3/c1-8(2)11(7-16)14-10-4-3-9(6-13)5-12(10)15(17)18/h3-5,8,11,14,16H,7H2,1-2H3/t11-/m1/s1. The van der Waals surface area contributed by atoms with Crippen LogP contribution >= 0.6 is 0 Å². The molecule has 0 saturated heterocycles. The van der Waals surface area contributed by atoms with E-state index in [1.807, 2.05) is 19.9 Å². The predicted molar refractivity (Wildman–Crippen MR) is 67.1 cm³/mol. The molecule has 0 fully saturated rings. The molecule has 1 aromatic carbocycles. The van der Waals surface area contributed by atoms with E-state index in [4.69, 9.17) is 5.26 Å². The highest BCUT2D eigenvalue weighted by atomic mass is 16.6. The summed E-state index contributed by atoms with van der Waals surface area (Å²) in [5, 5.41) is 31.8. The lowest BCUT2D eigenvalue weighted by Gasteiger charge is -2.21. The van der Waals surface area contributed by atoms with E-state index in [0.717, 1.165) is 0 Å². The highest BCUT2D eigenvalue weighted by Crippen LogP contribution is 2.26. The van der Waals surface area contributed by atoms with Crippen LogP contribution in [-0.2, 0) is 0 Å². The highest BCUT2D eigenvalue weighted by molar-refractivity contribution is 5.64. The van der Waals surface area contributed by atoms with E-state index in [2.05, 4.69) is 5.32 Å². The van der Waals surface area contributed by atoms with Crippen molar-refractivity contribution in [2.24, 2.45) is 5.92 Å². The van der Waals surface area contributed by atoms with E-state index in [-0.39, 0.29) is 29.8 Å². The van der Waals surface area contributed by atoms with Gasteiger partial charge < -0.3 is 10.4 Å². The number of aliphatic hydroxyl groups excluding tert-OH is 1. The summed E-state index contributed by atoms with van der Waals surface area (Å²) >= 11 is 0. The zero-order chi connectivity index (χ0) is 13.7. The lowest BCUT2D eigenvalue weighted by atomic mass is 10.0. The van der Waals surface area contributed by atoms with Crippen LogP contribution in [0.15, 0.2) is 18.2 Å². The number of nitro groups is 1. The number of aliphatic hydroxyl groups is 1. The maximum atomic E-state index is 10.9. The first-order valence-corrected chi connectivity index (χ1v) is 5.55. The molecule has 0 radical (unpaired) electrons. The van der Waals surface area contributed by atoms with Gasteiger partial charge in [-0.05, 0) is 18.1 Å². The molecule has 0 aliphatic rings. The van der Waals surface area contributed by atoms with Crippen LogP contribution < -0.4 is 5.32 Å². The molecule has 6 heteroatoms. The minimum Gasteiger partial charge on any atom is -0.394 e. The number of hydrogen-bond donors (Lipinski definition) is 2. The Bertz CT molecular complexity index is 480. The van der Waals surface area contributed by atoms with E-state index in [1.54, 1.807) is 0 Å². The number of anilines is 1. The Morgan fingerprint density at radius 1 is 1.56 bits per heavy atom. The van der Waals surface area contributed by atoms with Gasteiger partial charge in [-0.25, -0.2) is 0 Å². The maximum absolute atomic E-state index is 10.9. The third kappa shape index (κ3) is 3.18. The first-order valence-electron chi connectivity index (χ1n) is 5.55. The molecule has 0 aliphatic heterocycles. The second-order valence-corrected chi connectivity index (χ2v) is 4.28. The zero-order valence-electron chi connectivity index (χ0n) is 10.3. The fraction of sp³-hybridized carbons (Fsp3) is 0.417. The third-order valence-corrected chi connectivity index (χ3v) is 2.67. The van der Waals surface area contributed by atoms with Crippen molar-refractivity contribution in [2.45, 2.75) is 19.9 Å². The predicted octanol–water partition coefficient (Wildman–Crippen LogP) is 1.90. The quantitative estimate of drug-likeness (QED) is 0.613. The summed E-state index contributed by atoms with van der Waals surface area (Å²) in [5.74, 6) is 0.130. The first-order chi connectivity index (χ1) is 8.49. The first kappa shape index (κ1) is 13.9. The van der Waals surface area contributed by atoms with E-state index >= 15 is 0 Å². The largest absolute Gasteiger partial charge is 0.394 e. The molecule has 6 nitrogen and oxygen atoms in total. The van der Waals surface area contributed by atoms with Crippen LogP contribution in [-0.4, -0.2) is 22.7 Å². The molecule has 0 aromatic heterocycles. The summed E-state index contributed by atoms with van der Waals surface area (Å²) in [6, 6.07) is 5.80. The molecule has 0 saturated carbocycles. The Hall–Kier alpha value is -2.13. The summed E-state index contributed by atoms with van der Waals surface area (Å²) in [6.07, 6.45) is 0. The van der Waals surface area contributed by atoms with Crippen molar-refractivity contribution >= 4 is 11.4 Å². The van der Waals surface area contributed by atoms with E-state index < -0.39 is 4.92 Å². The van der Waals surface area contributed by atoms with E-state index in [1.165, 1.54) is 18.2 Å². The second-order valence-electron chi connectivity index (χ2n) is 4.28. The van der Waals surface area contributed by atoms with Gasteiger partial charge in [0.25, 0.3) is 5.69 Å². The molecule has 2 N–H and O–H groups in total. The molecule has 1 aromatic rings. The van der Waals surface area contributed by atoms with Crippen molar-refractivity contribution in [1.29, 1.82) is 5.26 Å². The Morgan fingerprint density at radius 2 is 2.22 bits per heavy atom. The summed E-state index contributed by atoms with van der Waals surface area (Å²) in [7, 11) is 0. The summed E-state index contributed by atoms with van der Waals surface area (Å²) in [5.41, 5.74) is 0.386. The summed E-state index contributed by atoms with van der Waals surface area (Å²) in [4.78, 5) is 10.4. The number of nitrogens with one attached hydrogen (secondary N) is 1. The van der Waals surface area contributed by atoms with Crippen LogP contribution in [0.4, 0.5) is 11.4 Å². The molecule has 0 spiro atoms. The molecular weight excluding hydrogens is 234 g/mol. The number of benzene rings is 1. The van der Waals surface area contributed by atoms with Crippen molar-refractivity contribution in [2.75, 3.05) is 11.9 Å². The van der Waals surface area contributed by atoms with Gasteiger partial charge in [0.05, 0.1) is 29.2 Å². The molecule has 0 amide bonds. The third-order valence-electron chi connectivity index (χ3n) is 2.67. The zero-order valence-corrected chi connectivity index (χ0v) is 10.3. The van der Waals surface area contributed by atoms with Crippen molar-refractivity contribution in [3.63, 3.8) is 0 Å². The fourth-order valence-corrected chi connectivity index (χ4v) is 1.50. The molecule has 0 bridgehead atoms. The van der Waals surface area contributed by atoms with Crippen LogP contribution in [0.5, 0.6) is 0 Å². The van der Waals surface area contributed by atoms with Gasteiger partial charge in [-0.3, -0.25) is 10.1 Å².